The Balaban J connectivity index is 2.59. The summed E-state index contributed by atoms with van der Waals surface area (Å²) in [5.41, 5.74) is 5.76. The zero-order chi connectivity index (χ0) is 11.3. The van der Waals surface area contributed by atoms with E-state index < -0.39 is 0 Å². The fourth-order valence-electron chi connectivity index (χ4n) is 1.07. The van der Waals surface area contributed by atoms with E-state index in [0.29, 0.717) is 30.2 Å². The van der Waals surface area contributed by atoms with Crippen LogP contribution >= 0.6 is 23.8 Å². The summed E-state index contributed by atoms with van der Waals surface area (Å²) in [6.07, 6.45) is 0.534. The molecule has 1 rings (SSSR count). The average molecular weight is 244 g/mol. The lowest BCUT2D eigenvalue weighted by Crippen LogP contribution is -2.33. The Labute approximate surface area is 97.4 Å². The van der Waals surface area contributed by atoms with Gasteiger partial charge in [-0.15, -0.1) is 5.10 Å². The first-order valence-corrected chi connectivity index (χ1v) is 5.74. The van der Waals surface area contributed by atoms with E-state index in [1.54, 1.807) is 10.3 Å². The van der Waals surface area contributed by atoms with E-state index in [1.165, 1.54) is 0 Å². The summed E-state index contributed by atoms with van der Waals surface area (Å²) in [6, 6.07) is 0. The minimum atomic E-state index is -0.123. The Morgan fingerprint density at radius 2 is 2.47 bits per heavy atom. The normalized spacial score (nSPS) is 9.93. The second-order valence-electron chi connectivity index (χ2n) is 2.89. The van der Waals surface area contributed by atoms with E-state index in [2.05, 4.69) is 9.59 Å². The van der Waals surface area contributed by atoms with E-state index in [9.17, 15) is 4.79 Å². The lowest BCUT2D eigenvalue weighted by atomic mass is 10.3. The number of carbonyl (C=O) groups is 1. The third-order valence-electron chi connectivity index (χ3n) is 1.88. The van der Waals surface area contributed by atoms with Crippen LogP contribution in [-0.4, -0.2) is 38.5 Å². The summed E-state index contributed by atoms with van der Waals surface area (Å²) in [4.78, 5) is 13.9. The summed E-state index contributed by atoms with van der Waals surface area (Å²) < 4.78 is 3.65. The molecular formula is C8H12N4OS2. The van der Waals surface area contributed by atoms with Gasteiger partial charge < -0.3 is 10.6 Å². The van der Waals surface area contributed by atoms with Gasteiger partial charge in [0.05, 0.1) is 4.99 Å². The van der Waals surface area contributed by atoms with Crippen molar-refractivity contribution in [1.82, 2.24) is 14.5 Å². The molecule has 2 N–H and O–H groups in total. The highest BCUT2D eigenvalue weighted by atomic mass is 32.1. The predicted molar refractivity (Wildman–Crippen MR) is 62.9 cm³/mol. The first-order chi connectivity index (χ1) is 7.15. The van der Waals surface area contributed by atoms with Crippen LogP contribution < -0.4 is 5.73 Å². The molecule has 0 fully saturated rings. The first-order valence-electron chi connectivity index (χ1n) is 4.49. The molecule has 0 radical (unpaired) electrons. The highest BCUT2D eigenvalue weighted by Gasteiger charge is 2.16. The summed E-state index contributed by atoms with van der Waals surface area (Å²) in [5, 5.41) is 5.36. The van der Waals surface area contributed by atoms with Crippen LogP contribution in [0.25, 0.3) is 0 Å². The molecule has 0 aliphatic heterocycles. The number of hydrogen-bond donors (Lipinski definition) is 1. The molecule has 0 bridgehead atoms. The minimum absolute atomic E-state index is 0.123. The van der Waals surface area contributed by atoms with Gasteiger partial charge in [0, 0.05) is 24.9 Å². The van der Waals surface area contributed by atoms with E-state index >= 15 is 0 Å². The minimum Gasteiger partial charge on any atom is -0.393 e. The van der Waals surface area contributed by atoms with Crippen LogP contribution in [0.1, 0.15) is 23.8 Å². The van der Waals surface area contributed by atoms with Crippen molar-refractivity contribution in [2.45, 2.75) is 13.3 Å². The van der Waals surface area contributed by atoms with Gasteiger partial charge in [-0.2, -0.15) is 0 Å². The fourth-order valence-corrected chi connectivity index (χ4v) is 1.59. The fraction of sp³-hybridized carbons (Fsp3) is 0.500. The van der Waals surface area contributed by atoms with Crippen LogP contribution in [0.2, 0.25) is 0 Å². The van der Waals surface area contributed by atoms with Crippen molar-refractivity contribution in [2.24, 2.45) is 5.73 Å². The smallest absolute Gasteiger partial charge is 0.275 e. The largest absolute Gasteiger partial charge is 0.393 e. The molecule has 0 aliphatic carbocycles. The number of hydrogen-bond acceptors (Lipinski definition) is 5. The van der Waals surface area contributed by atoms with Gasteiger partial charge in [-0.3, -0.25) is 4.79 Å². The number of nitrogens with zero attached hydrogens (tertiary/aromatic N) is 3. The highest BCUT2D eigenvalue weighted by Crippen LogP contribution is 2.04. The maximum atomic E-state index is 11.8. The number of nitrogens with two attached hydrogens (primary N) is 1. The molecule has 1 amide bonds. The Morgan fingerprint density at radius 3 is 2.93 bits per heavy atom. The monoisotopic (exact) mass is 244 g/mol. The maximum Gasteiger partial charge on any atom is 0.275 e. The second kappa shape index (κ2) is 5.72. The summed E-state index contributed by atoms with van der Waals surface area (Å²) in [6.45, 7) is 3.04. The van der Waals surface area contributed by atoms with E-state index in [1.807, 2.05) is 6.92 Å². The molecule has 15 heavy (non-hydrogen) atoms. The SMILES string of the molecule is CCN(CCC(N)=S)C(=O)c1csnn1. The molecule has 0 spiro atoms. The Kier molecular flexibility index (Phi) is 4.57. The van der Waals surface area contributed by atoms with Crippen LogP contribution in [0.5, 0.6) is 0 Å². The van der Waals surface area contributed by atoms with Gasteiger partial charge in [0.25, 0.3) is 5.91 Å². The maximum absolute atomic E-state index is 11.8. The zero-order valence-corrected chi connectivity index (χ0v) is 9.98. The van der Waals surface area contributed by atoms with Crippen molar-refractivity contribution >= 4 is 34.6 Å². The predicted octanol–water partition coefficient (Wildman–Crippen LogP) is 0.676. The van der Waals surface area contributed by atoms with E-state index in [4.69, 9.17) is 18.0 Å². The molecule has 0 saturated heterocycles. The molecule has 0 unspecified atom stereocenters. The van der Waals surface area contributed by atoms with Crippen LogP contribution in [0.15, 0.2) is 5.38 Å². The average Bonchev–Trinajstić information content (AvgIpc) is 2.70. The Hall–Kier alpha value is -1.08. The molecule has 1 heterocycles. The quantitative estimate of drug-likeness (QED) is 0.771. The number of carbonyl (C=O) groups excluding carboxylic acids is 1. The number of rotatable bonds is 5. The molecule has 1 aromatic rings. The molecule has 5 nitrogen and oxygen atoms in total. The molecule has 0 atom stereocenters. The van der Waals surface area contributed by atoms with Crippen molar-refractivity contribution in [3.8, 4) is 0 Å². The third kappa shape index (κ3) is 3.52. The van der Waals surface area contributed by atoms with Crippen LogP contribution in [0.3, 0.4) is 0 Å². The molecule has 0 aromatic carbocycles. The Bertz CT molecular complexity index is 338. The molecule has 82 valence electrons. The lowest BCUT2D eigenvalue weighted by molar-refractivity contribution is 0.0763. The molecule has 0 aliphatic rings. The van der Waals surface area contributed by atoms with Crippen LogP contribution in [0, 0.1) is 0 Å². The molecule has 7 heteroatoms. The van der Waals surface area contributed by atoms with E-state index in [-0.39, 0.29) is 5.91 Å². The van der Waals surface area contributed by atoms with Crippen molar-refractivity contribution in [2.75, 3.05) is 13.1 Å². The Morgan fingerprint density at radius 1 is 1.73 bits per heavy atom. The molecule has 0 saturated carbocycles. The van der Waals surface area contributed by atoms with Gasteiger partial charge in [0.1, 0.15) is 0 Å². The summed E-state index contributed by atoms with van der Waals surface area (Å²) in [5.74, 6) is -0.123. The summed E-state index contributed by atoms with van der Waals surface area (Å²) >= 11 is 5.92. The van der Waals surface area contributed by atoms with Gasteiger partial charge in [0.15, 0.2) is 5.69 Å². The third-order valence-corrected chi connectivity index (χ3v) is 2.58. The van der Waals surface area contributed by atoms with E-state index in [0.717, 1.165) is 11.5 Å². The number of thiocarbonyl (C=S) groups is 1. The van der Waals surface area contributed by atoms with Gasteiger partial charge in [-0.1, -0.05) is 16.7 Å². The number of amides is 1. The molecular weight excluding hydrogens is 232 g/mol. The first kappa shape index (κ1) is 12.0. The standard InChI is InChI=1S/C8H12N4OS2/c1-2-12(4-3-7(9)14)8(13)6-5-15-11-10-6/h5H,2-4H2,1H3,(H2,9,14). The van der Waals surface area contributed by atoms with Crippen LogP contribution in [-0.2, 0) is 0 Å². The summed E-state index contributed by atoms with van der Waals surface area (Å²) in [7, 11) is 0. The molecule has 1 aromatic heterocycles. The van der Waals surface area contributed by atoms with Gasteiger partial charge in [0.2, 0.25) is 0 Å². The van der Waals surface area contributed by atoms with Crippen molar-refractivity contribution in [3.05, 3.63) is 11.1 Å². The van der Waals surface area contributed by atoms with Gasteiger partial charge >= 0.3 is 0 Å². The zero-order valence-electron chi connectivity index (χ0n) is 8.34. The topological polar surface area (TPSA) is 72.1 Å². The highest BCUT2D eigenvalue weighted by molar-refractivity contribution is 7.80. The number of aromatic nitrogens is 2. The van der Waals surface area contributed by atoms with Crippen LogP contribution in [0.4, 0.5) is 0 Å². The van der Waals surface area contributed by atoms with Gasteiger partial charge in [-0.05, 0) is 18.5 Å². The van der Waals surface area contributed by atoms with Crippen molar-refractivity contribution in [1.29, 1.82) is 0 Å². The van der Waals surface area contributed by atoms with Crippen molar-refractivity contribution < 1.29 is 4.79 Å². The van der Waals surface area contributed by atoms with Crippen molar-refractivity contribution in [3.63, 3.8) is 0 Å². The second-order valence-corrected chi connectivity index (χ2v) is 4.03. The van der Waals surface area contributed by atoms with Gasteiger partial charge in [-0.25, -0.2) is 0 Å². The lowest BCUT2D eigenvalue weighted by Gasteiger charge is -2.18.